The van der Waals surface area contributed by atoms with Crippen LogP contribution in [0.3, 0.4) is 0 Å². The Morgan fingerprint density at radius 1 is 0.860 bits per heavy atom. The minimum atomic E-state index is -0.794. The van der Waals surface area contributed by atoms with Crippen LogP contribution < -0.4 is 20.7 Å². The van der Waals surface area contributed by atoms with E-state index in [0.717, 1.165) is 10.9 Å². The minimum absolute atomic E-state index is 0. The van der Waals surface area contributed by atoms with Crippen LogP contribution in [0.2, 0.25) is 0 Å². The van der Waals surface area contributed by atoms with Crippen LogP contribution in [0.1, 0.15) is 49.1 Å². The molecule has 4 aromatic rings. The fourth-order valence-electron chi connectivity index (χ4n) is 5.28. The number of ether oxygens (including phenoxy) is 4. The van der Waals surface area contributed by atoms with Crippen LogP contribution in [-0.4, -0.2) is 99.7 Å². The Bertz CT molecular complexity index is 1840. The van der Waals surface area contributed by atoms with Crippen LogP contribution >= 0.6 is 12.4 Å². The molecule has 1 aliphatic heterocycles. The lowest BCUT2D eigenvalue weighted by Crippen LogP contribution is -2.51. The zero-order valence-corrected chi connectivity index (χ0v) is 28.5. The predicted molar refractivity (Wildman–Crippen MR) is 187 cm³/mol. The molecule has 50 heavy (non-hydrogen) atoms. The number of aromatic amines is 1. The molecule has 3 aromatic carbocycles. The summed E-state index contributed by atoms with van der Waals surface area (Å²) < 4.78 is 37.1. The van der Waals surface area contributed by atoms with Gasteiger partial charge >= 0.3 is 0 Å². The van der Waals surface area contributed by atoms with E-state index in [0.29, 0.717) is 50.6 Å². The number of halogens is 2. The van der Waals surface area contributed by atoms with Crippen molar-refractivity contribution in [2.24, 2.45) is 0 Å². The average molecular weight is 708 g/mol. The number of ketones is 1. The predicted octanol–water partition coefficient (Wildman–Crippen LogP) is 3.28. The van der Waals surface area contributed by atoms with Gasteiger partial charge in [-0.05, 0) is 43.3 Å². The third-order valence-corrected chi connectivity index (χ3v) is 7.84. The Morgan fingerprint density at radius 3 is 2.16 bits per heavy atom. The standard InChI is InChI=1S/C36H38FN5O7.ClH/c1-3-4-23-11-12-31(49-18-17-48-16-15-47-14-13-46-2)32(33(23)37)34(43)24-5-7-25(8-6-24)35(44)40-29-21-38-22-30(29)41-36(45)26-9-10-27-20-39-42-28(27)19-26;/h5-12,19-20,29-30,38H,13-18,21-22H2,1-2H3,(H,39,42)(H,40,44)(H,41,45);1H/t29-,30-;/m1./s1. The van der Waals surface area contributed by atoms with Crippen molar-refractivity contribution in [1.82, 2.24) is 26.1 Å². The van der Waals surface area contributed by atoms with Crippen molar-refractivity contribution in [2.75, 3.05) is 59.8 Å². The van der Waals surface area contributed by atoms with Gasteiger partial charge in [-0.1, -0.05) is 24.1 Å². The fourth-order valence-corrected chi connectivity index (χ4v) is 5.28. The van der Waals surface area contributed by atoms with Gasteiger partial charge in [0.25, 0.3) is 11.8 Å². The zero-order valence-electron chi connectivity index (χ0n) is 27.7. The number of hydrogen-bond donors (Lipinski definition) is 4. The van der Waals surface area contributed by atoms with E-state index in [-0.39, 0.29) is 72.0 Å². The van der Waals surface area contributed by atoms with E-state index in [1.807, 2.05) is 6.07 Å². The smallest absolute Gasteiger partial charge is 0.251 e. The van der Waals surface area contributed by atoms with Crippen molar-refractivity contribution in [3.8, 4) is 17.6 Å². The number of hydrogen-bond acceptors (Lipinski definition) is 9. The molecule has 12 nitrogen and oxygen atoms in total. The Hall–Kier alpha value is -4.84. The minimum Gasteiger partial charge on any atom is -0.490 e. The molecule has 1 aliphatic rings. The second-order valence-electron chi connectivity index (χ2n) is 11.1. The van der Waals surface area contributed by atoms with E-state index in [9.17, 15) is 14.4 Å². The molecule has 0 aliphatic carbocycles. The first-order valence-corrected chi connectivity index (χ1v) is 15.8. The lowest BCUT2D eigenvalue weighted by molar-refractivity contribution is 0.0179. The van der Waals surface area contributed by atoms with Crippen LogP contribution in [0.15, 0.2) is 60.8 Å². The Kier molecular flexibility index (Phi) is 14.3. The van der Waals surface area contributed by atoms with Crippen LogP contribution in [0.4, 0.5) is 4.39 Å². The van der Waals surface area contributed by atoms with Gasteiger partial charge in [-0.3, -0.25) is 19.5 Å². The highest BCUT2D eigenvalue weighted by molar-refractivity contribution is 6.11. The Labute approximate surface area is 295 Å². The van der Waals surface area contributed by atoms with E-state index in [1.165, 1.54) is 36.4 Å². The number of carbonyl (C=O) groups excluding carboxylic acids is 3. The summed E-state index contributed by atoms with van der Waals surface area (Å²) in [6, 6.07) is 13.4. The summed E-state index contributed by atoms with van der Waals surface area (Å²) >= 11 is 0. The topological polar surface area (TPSA) is 153 Å². The molecule has 0 radical (unpaired) electrons. The molecular formula is C36H39ClFN5O7. The monoisotopic (exact) mass is 707 g/mol. The molecule has 0 spiro atoms. The van der Waals surface area contributed by atoms with Gasteiger partial charge in [0.1, 0.15) is 17.9 Å². The lowest BCUT2D eigenvalue weighted by Gasteiger charge is -2.21. The number of carbonyl (C=O) groups is 3. The number of aromatic nitrogens is 2. The Balaban J connectivity index is 0.00000562. The van der Waals surface area contributed by atoms with E-state index < -0.39 is 11.6 Å². The van der Waals surface area contributed by atoms with Crippen molar-refractivity contribution >= 4 is 40.9 Å². The summed E-state index contributed by atoms with van der Waals surface area (Å²) in [5, 5.41) is 16.9. The van der Waals surface area contributed by atoms with Gasteiger partial charge in [-0.2, -0.15) is 5.10 Å². The highest BCUT2D eigenvalue weighted by Gasteiger charge is 2.30. The summed E-state index contributed by atoms with van der Waals surface area (Å²) in [5.74, 6) is 3.31. The maximum atomic E-state index is 15.6. The van der Waals surface area contributed by atoms with E-state index in [2.05, 4.69) is 38.0 Å². The molecule has 0 bridgehead atoms. The zero-order chi connectivity index (χ0) is 34.6. The SMILES string of the molecule is CC#Cc1ccc(OCCOCCOCCOC)c(C(=O)c2ccc(C(=O)N[C@@H]3CNC[C@H]3NC(=O)c3ccc4cn[nH]c4c3)cc2)c1F.Cl. The van der Waals surface area contributed by atoms with Gasteiger partial charge in [-0.15, -0.1) is 18.3 Å². The molecule has 0 saturated carbocycles. The van der Waals surface area contributed by atoms with Crippen molar-refractivity contribution in [3.63, 3.8) is 0 Å². The van der Waals surface area contributed by atoms with Gasteiger partial charge in [0.15, 0.2) is 11.6 Å². The maximum Gasteiger partial charge on any atom is 0.251 e. The Morgan fingerprint density at radius 2 is 1.48 bits per heavy atom. The van der Waals surface area contributed by atoms with Crippen LogP contribution in [0.25, 0.3) is 10.9 Å². The largest absolute Gasteiger partial charge is 0.490 e. The summed E-state index contributed by atoms with van der Waals surface area (Å²) in [6.07, 6.45) is 1.68. The third kappa shape index (κ3) is 9.65. The highest BCUT2D eigenvalue weighted by atomic mass is 35.5. The molecular weight excluding hydrogens is 669 g/mol. The first-order chi connectivity index (χ1) is 23.9. The summed E-state index contributed by atoms with van der Waals surface area (Å²) in [6.45, 7) is 4.47. The van der Waals surface area contributed by atoms with Gasteiger partial charge in [0.05, 0.1) is 62.4 Å². The molecule has 264 valence electrons. The number of amides is 2. The third-order valence-electron chi connectivity index (χ3n) is 7.84. The average Bonchev–Trinajstić information content (AvgIpc) is 3.77. The number of benzene rings is 3. The van der Waals surface area contributed by atoms with Crippen molar-refractivity contribution < 1.29 is 37.7 Å². The summed E-state index contributed by atoms with van der Waals surface area (Å²) in [7, 11) is 1.59. The molecule has 1 fully saturated rings. The number of rotatable bonds is 16. The van der Waals surface area contributed by atoms with Gasteiger partial charge < -0.3 is 34.9 Å². The van der Waals surface area contributed by atoms with Gasteiger partial charge in [0.2, 0.25) is 0 Å². The molecule has 5 rings (SSSR count). The molecule has 14 heteroatoms. The van der Waals surface area contributed by atoms with E-state index >= 15 is 4.39 Å². The molecule has 1 saturated heterocycles. The number of fused-ring (bicyclic) bond motifs is 1. The summed E-state index contributed by atoms with van der Waals surface area (Å²) in [5.41, 5.74) is 1.48. The maximum absolute atomic E-state index is 15.6. The molecule has 1 aromatic heterocycles. The number of methoxy groups -OCH3 is 1. The van der Waals surface area contributed by atoms with Crippen LogP contribution in [0, 0.1) is 17.7 Å². The van der Waals surface area contributed by atoms with E-state index in [1.54, 1.807) is 32.4 Å². The molecule has 2 heterocycles. The quantitative estimate of drug-likeness (QED) is 0.0781. The number of nitrogens with one attached hydrogen (secondary N) is 4. The highest BCUT2D eigenvalue weighted by Crippen LogP contribution is 2.27. The van der Waals surface area contributed by atoms with Crippen molar-refractivity contribution in [1.29, 1.82) is 0 Å². The second-order valence-corrected chi connectivity index (χ2v) is 11.1. The number of nitrogens with zero attached hydrogens (tertiary/aromatic N) is 1. The van der Waals surface area contributed by atoms with Crippen LogP contribution in [0.5, 0.6) is 5.75 Å². The second kappa shape index (κ2) is 18.8. The fraction of sp³-hybridized carbons (Fsp3) is 0.333. The first kappa shape index (κ1) is 38.0. The molecule has 2 amide bonds. The van der Waals surface area contributed by atoms with E-state index in [4.69, 9.17) is 18.9 Å². The van der Waals surface area contributed by atoms with Gasteiger partial charge in [-0.25, -0.2) is 4.39 Å². The van der Waals surface area contributed by atoms with Crippen LogP contribution in [-0.2, 0) is 14.2 Å². The lowest BCUT2D eigenvalue weighted by atomic mass is 9.98. The molecule has 4 N–H and O–H groups in total. The number of H-pyrrole nitrogens is 1. The van der Waals surface area contributed by atoms with Crippen molar-refractivity contribution in [2.45, 2.75) is 19.0 Å². The van der Waals surface area contributed by atoms with Gasteiger partial charge in [0, 0.05) is 42.3 Å². The normalized spacial score (nSPS) is 15.1. The molecule has 0 unspecified atom stereocenters. The summed E-state index contributed by atoms with van der Waals surface area (Å²) in [4.78, 5) is 39.7. The molecule has 2 atom stereocenters. The van der Waals surface area contributed by atoms with Crippen molar-refractivity contribution in [3.05, 3.63) is 94.4 Å². The first-order valence-electron chi connectivity index (χ1n) is 15.8.